The van der Waals surface area contributed by atoms with Crippen molar-refractivity contribution in [2.24, 2.45) is 0 Å². The summed E-state index contributed by atoms with van der Waals surface area (Å²) in [4.78, 5) is 14.4. The van der Waals surface area contributed by atoms with Crippen molar-refractivity contribution < 1.29 is 0 Å². The van der Waals surface area contributed by atoms with Crippen LogP contribution >= 0.6 is 0 Å². The van der Waals surface area contributed by atoms with Gasteiger partial charge in [-0.3, -0.25) is 4.90 Å². The Morgan fingerprint density at radius 3 is 2.34 bits per heavy atom. The van der Waals surface area contributed by atoms with Gasteiger partial charge in [-0.1, -0.05) is 55.2 Å². The molecule has 1 aromatic carbocycles. The molecule has 1 saturated carbocycles. The summed E-state index contributed by atoms with van der Waals surface area (Å²) < 4.78 is 0. The van der Waals surface area contributed by atoms with Gasteiger partial charge in [0.25, 0.3) is 0 Å². The number of aryl methyl sites for hydroxylation is 1. The molecule has 0 unspecified atom stereocenters. The molecule has 1 aromatic heterocycles. The van der Waals surface area contributed by atoms with Gasteiger partial charge in [-0.15, -0.1) is 0 Å². The summed E-state index contributed by atoms with van der Waals surface area (Å²) in [5, 5.41) is 10.8. The van der Waals surface area contributed by atoms with E-state index in [1.165, 1.54) is 55.2 Å². The van der Waals surface area contributed by atoms with E-state index in [9.17, 15) is 0 Å². The molecule has 0 radical (unpaired) electrons. The zero-order valence-electron chi connectivity index (χ0n) is 23.9. The monoisotopic (exact) mass is 519 g/mol. The highest BCUT2D eigenvalue weighted by Gasteiger charge is 2.18. The van der Waals surface area contributed by atoms with Gasteiger partial charge in [0.2, 0.25) is 5.95 Å². The number of hydrogen-bond acceptors (Lipinski definition) is 7. The maximum absolute atomic E-state index is 4.84. The van der Waals surface area contributed by atoms with Crippen molar-refractivity contribution in [3.8, 4) is 0 Å². The van der Waals surface area contributed by atoms with Gasteiger partial charge in [0.05, 0.1) is 0 Å². The van der Waals surface area contributed by atoms with Crippen LogP contribution in [0.1, 0.15) is 69.2 Å². The van der Waals surface area contributed by atoms with Gasteiger partial charge in [-0.25, -0.2) is 4.98 Å². The number of aromatic nitrogens is 2. The van der Waals surface area contributed by atoms with Gasteiger partial charge < -0.3 is 20.9 Å². The number of piperazine rings is 1. The van der Waals surface area contributed by atoms with Gasteiger partial charge in [-0.05, 0) is 64.3 Å². The number of hydrogen-bond donors (Lipinski definition) is 3. The number of anilines is 2. The topological polar surface area (TPSA) is 68.3 Å². The molecule has 2 fully saturated rings. The van der Waals surface area contributed by atoms with Crippen LogP contribution in [0.2, 0.25) is 0 Å². The third-order valence-electron chi connectivity index (χ3n) is 7.67. The largest absolute Gasteiger partial charge is 0.354 e. The molecule has 1 aliphatic carbocycles. The second kappa shape index (κ2) is 15.2. The maximum atomic E-state index is 4.84. The van der Waals surface area contributed by atoms with Crippen molar-refractivity contribution in [2.75, 3.05) is 56.0 Å². The highest BCUT2D eigenvalue weighted by atomic mass is 15.3. The van der Waals surface area contributed by atoms with Crippen molar-refractivity contribution in [3.63, 3.8) is 0 Å². The Morgan fingerprint density at radius 1 is 0.921 bits per heavy atom. The normalized spacial score (nSPS) is 17.0. The second-order valence-electron chi connectivity index (χ2n) is 11.2. The van der Waals surface area contributed by atoms with Crippen LogP contribution in [0.15, 0.2) is 42.0 Å². The molecule has 2 heterocycles. The van der Waals surface area contributed by atoms with Crippen molar-refractivity contribution >= 4 is 11.8 Å². The summed E-state index contributed by atoms with van der Waals surface area (Å²) >= 11 is 0. The lowest BCUT2D eigenvalue weighted by Crippen LogP contribution is -2.46. The summed E-state index contributed by atoms with van der Waals surface area (Å²) in [6, 6.07) is 11.7. The van der Waals surface area contributed by atoms with E-state index in [1.54, 1.807) is 0 Å². The van der Waals surface area contributed by atoms with Crippen LogP contribution in [-0.2, 0) is 13.1 Å². The summed E-state index contributed by atoms with van der Waals surface area (Å²) in [7, 11) is 0. The number of allylic oxidation sites excluding steroid dienone is 1. The van der Waals surface area contributed by atoms with Crippen LogP contribution in [0.5, 0.6) is 0 Å². The molecular weight excluding hydrogens is 470 g/mol. The second-order valence-corrected chi connectivity index (χ2v) is 11.2. The Bertz CT molecular complexity index is 986. The minimum absolute atomic E-state index is 0.708. The SMILES string of the molecule is CC(C)=CCN1CCN(c2cc(C)nc(NCc3ccc(CNCCCNC4CCCCC4)cc3)n2)CC1. The molecule has 38 heavy (non-hydrogen) atoms. The molecule has 7 heteroatoms. The standard InChI is InChI=1S/C31H49N7/c1-25(2)14-17-37-18-20-38(21-19-37)30-22-26(3)35-31(36-30)34-24-28-12-10-27(11-13-28)23-32-15-7-16-33-29-8-5-4-6-9-29/h10-14,22,29,32-33H,4-9,15-21,23-24H2,1-3H3,(H,34,35,36). The average Bonchev–Trinajstić information content (AvgIpc) is 2.94. The molecule has 3 N–H and O–H groups in total. The van der Waals surface area contributed by atoms with E-state index in [4.69, 9.17) is 4.98 Å². The van der Waals surface area contributed by atoms with E-state index in [0.29, 0.717) is 5.95 Å². The first-order valence-electron chi connectivity index (χ1n) is 14.8. The molecular formula is C31H49N7. The van der Waals surface area contributed by atoms with Crippen LogP contribution in [0.4, 0.5) is 11.8 Å². The fraction of sp³-hybridized carbons (Fsp3) is 0.613. The lowest BCUT2D eigenvalue weighted by Gasteiger charge is -2.35. The van der Waals surface area contributed by atoms with Gasteiger partial charge in [0.15, 0.2) is 0 Å². The summed E-state index contributed by atoms with van der Waals surface area (Å²) in [6.07, 6.45) is 10.4. The molecule has 7 nitrogen and oxygen atoms in total. The average molecular weight is 520 g/mol. The third-order valence-corrected chi connectivity index (χ3v) is 7.67. The van der Waals surface area contributed by atoms with Crippen molar-refractivity contribution in [1.82, 2.24) is 25.5 Å². The lowest BCUT2D eigenvalue weighted by molar-refractivity contribution is 0.283. The van der Waals surface area contributed by atoms with E-state index in [-0.39, 0.29) is 0 Å². The molecule has 0 bridgehead atoms. The Labute approximate surface area is 230 Å². The lowest BCUT2D eigenvalue weighted by atomic mass is 9.95. The van der Waals surface area contributed by atoms with Crippen molar-refractivity contribution in [2.45, 2.75) is 78.4 Å². The van der Waals surface area contributed by atoms with Gasteiger partial charge in [0.1, 0.15) is 5.82 Å². The van der Waals surface area contributed by atoms with E-state index < -0.39 is 0 Å². The van der Waals surface area contributed by atoms with Gasteiger partial charge >= 0.3 is 0 Å². The minimum atomic E-state index is 0.708. The van der Waals surface area contributed by atoms with E-state index in [0.717, 1.165) is 76.5 Å². The fourth-order valence-electron chi connectivity index (χ4n) is 5.28. The predicted octanol–water partition coefficient (Wildman–Crippen LogP) is 4.89. The molecule has 2 aliphatic rings. The number of benzene rings is 1. The summed E-state index contributed by atoms with van der Waals surface area (Å²) in [5.41, 5.74) is 4.95. The molecule has 1 aliphatic heterocycles. The quantitative estimate of drug-likeness (QED) is 0.257. The van der Waals surface area contributed by atoms with Gasteiger partial charge in [0, 0.05) is 63.6 Å². The minimum Gasteiger partial charge on any atom is -0.354 e. The highest BCUT2D eigenvalue weighted by Crippen LogP contribution is 2.18. The summed E-state index contributed by atoms with van der Waals surface area (Å²) in [6.45, 7) is 15.4. The molecule has 0 amide bonds. The predicted molar refractivity (Wildman–Crippen MR) is 160 cm³/mol. The Kier molecular flexibility index (Phi) is 11.4. The number of rotatable bonds is 13. The number of nitrogens with zero attached hydrogens (tertiary/aromatic N) is 4. The van der Waals surface area contributed by atoms with E-state index >= 15 is 0 Å². The van der Waals surface area contributed by atoms with Gasteiger partial charge in [-0.2, -0.15) is 4.98 Å². The molecule has 0 atom stereocenters. The Hall–Kier alpha value is -2.48. The van der Waals surface area contributed by atoms with E-state index in [2.05, 4.69) is 87.9 Å². The first-order valence-corrected chi connectivity index (χ1v) is 14.8. The first-order chi connectivity index (χ1) is 18.5. The van der Waals surface area contributed by atoms with Crippen LogP contribution < -0.4 is 20.9 Å². The van der Waals surface area contributed by atoms with Crippen LogP contribution in [0.25, 0.3) is 0 Å². The maximum Gasteiger partial charge on any atom is 0.225 e. The van der Waals surface area contributed by atoms with Crippen molar-refractivity contribution in [1.29, 1.82) is 0 Å². The highest BCUT2D eigenvalue weighted by molar-refractivity contribution is 5.45. The molecule has 4 rings (SSSR count). The van der Waals surface area contributed by atoms with Crippen LogP contribution in [-0.4, -0.2) is 66.7 Å². The zero-order valence-corrected chi connectivity index (χ0v) is 23.9. The Morgan fingerprint density at radius 2 is 1.63 bits per heavy atom. The smallest absolute Gasteiger partial charge is 0.225 e. The first kappa shape index (κ1) is 28.5. The molecule has 208 valence electrons. The molecule has 2 aromatic rings. The molecule has 0 spiro atoms. The number of nitrogens with one attached hydrogen (secondary N) is 3. The molecule has 1 saturated heterocycles. The van der Waals surface area contributed by atoms with E-state index in [1.807, 2.05) is 0 Å². The van der Waals surface area contributed by atoms with Crippen LogP contribution in [0.3, 0.4) is 0 Å². The van der Waals surface area contributed by atoms with Crippen LogP contribution in [0, 0.1) is 6.92 Å². The van der Waals surface area contributed by atoms with Crippen molar-refractivity contribution in [3.05, 3.63) is 58.8 Å². The zero-order chi connectivity index (χ0) is 26.6. The third kappa shape index (κ3) is 9.68. The summed E-state index contributed by atoms with van der Waals surface area (Å²) in [5.74, 6) is 1.73. The Balaban J connectivity index is 1.16. The fourth-order valence-corrected chi connectivity index (χ4v) is 5.28.